The molecule has 2 N–H and O–H groups in total. The summed E-state index contributed by atoms with van der Waals surface area (Å²) in [5.41, 5.74) is 7.26. The largest absolute Gasteiger partial charge is 0.329 e. The molecule has 0 saturated carbocycles. The Morgan fingerprint density at radius 2 is 1.84 bits per heavy atom. The van der Waals surface area contributed by atoms with E-state index >= 15 is 0 Å². The average molecular weight is 327 g/mol. The number of rotatable bonds is 9. The fraction of sp³-hybridized carbons (Fsp3) is 0.625. The maximum Gasteiger partial charge on any atom is 0.0234 e. The molecule has 1 unspecified atom stereocenters. The third kappa shape index (κ3) is 6.55. The second-order valence-corrected chi connectivity index (χ2v) is 6.20. The second-order valence-electron chi connectivity index (χ2n) is 5.28. The lowest BCUT2D eigenvalue weighted by Crippen LogP contribution is -2.37. The normalized spacial score (nSPS) is 12.9. The molecule has 0 aliphatic rings. The fourth-order valence-electron chi connectivity index (χ4n) is 2.33. The maximum absolute atomic E-state index is 5.92. The number of hydrogen-bond acceptors (Lipinski definition) is 2. The molecule has 0 radical (unpaired) electrons. The van der Waals surface area contributed by atoms with Gasteiger partial charge in [-0.3, -0.25) is 4.90 Å². The van der Waals surface area contributed by atoms with Crippen LogP contribution in [0.4, 0.5) is 0 Å². The van der Waals surface area contributed by atoms with Gasteiger partial charge in [0.2, 0.25) is 0 Å². The van der Waals surface area contributed by atoms with Crippen LogP contribution in [0.5, 0.6) is 0 Å². The first-order valence-electron chi connectivity index (χ1n) is 7.32. The van der Waals surface area contributed by atoms with E-state index < -0.39 is 0 Å². The number of nitrogens with zero attached hydrogens (tertiary/aromatic N) is 1. The molecular formula is C16H27BrN2. The zero-order chi connectivity index (χ0) is 14.1. The Kier molecular flexibility index (Phi) is 8.35. The molecule has 1 rings (SSSR count). The average Bonchev–Trinajstić information content (AvgIpc) is 2.41. The highest BCUT2D eigenvalue weighted by Gasteiger charge is 2.12. The van der Waals surface area contributed by atoms with Gasteiger partial charge in [0, 0.05) is 23.6 Å². The van der Waals surface area contributed by atoms with Gasteiger partial charge < -0.3 is 5.73 Å². The Hall–Kier alpha value is -0.380. The fourth-order valence-corrected chi connectivity index (χ4v) is 2.60. The number of nitrogens with two attached hydrogens (primary N) is 1. The first-order valence-corrected chi connectivity index (χ1v) is 8.11. The predicted octanol–water partition coefficient (Wildman–Crippen LogP) is 4.18. The molecule has 0 aromatic heterocycles. The van der Waals surface area contributed by atoms with Crippen LogP contribution in [0.25, 0.3) is 0 Å². The highest BCUT2D eigenvalue weighted by atomic mass is 79.9. The molecule has 2 nitrogen and oxygen atoms in total. The Bertz CT molecular complexity index is 337. The molecule has 108 valence electrons. The SMILES string of the molecule is CCCCCCC(CN)N(C)Cc1ccc(Br)cc1. The van der Waals surface area contributed by atoms with Crippen molar-refractivity contribution in [2.45, 2.75) is 51.6 Å². The Labute approximate surface area is 126 Å². The first kappa shape index (κ1) is 16.7. The van der Waals surface area contributed by atoms with Crippen molar-refractivity contribution in [2.24, 2.45) is 5.73 Å². The van der Waals surface area contributed by atoms with E-state index in [1.165, 1.54) is 37.7 Å². The lowest BCUT2D eigenvalue weighted by molar-refractivity contribution is 0.222. The molecule has 0 amide bonds. The number of benzene rings is 1. The van der Waals surface area contributed by atoms with Crippen molar-refractivity contribution in [1.82, 2.24) is 4.90 Å². The molecular weight excluding hydrogens is 300 g/mol. The zero-order valence-electron chi connectivity index (χ0n) is 12.2. The summed E-state index contributed by atoms with van der Waals surface area (Å²) in [7, 11) is 2.18. The molecule has 0 aliphatic heterocycles. The summed E-state index contributed by atoms with van der Waals surface area (Å²) in [6.07, 6.45) is 6.47. The van der Waals surface area contributed by atoms with Gasteiger partial charge in [-0.1, -0.05) is 60.7 Å². The Balaban J connectivity index is 2.40. The van der Waals surface area contributed by atoms with E-state index in [0.717, 1.165) is 17.6 Å². The van der Waals surface area contributed by atoms with Crippen LogP contribution in [0.2, 0.25) is 0 Å². The van der Waals surface area contributed by atoms with E-state index in [2.05, 4.69) is 59.1 Å². The first-order chi connectivity index (χ1) is 9.17. The summed E-state index contributed by atoms with van der Waals surface area (Å²) >= 11 is 3.47. The van der Waals surface area contributed by atoms with Crippen LogP contribution in [0.3, 0.4) is 0 Å². The van der Waals surface area contributed by atoms with E-state index in [0.29, 0.717) is 6.04 Å². The molecule has 0 heterocycles. The summed E-state index contributed by atoms with van der Waals surface area (Å²) in [5.74, 6) is 0. The lowest BCUT2D eigenvalue weighted by atomic mass is 10.1. The topological polar surface area (TPSA) is 29.3 Å². The van der Waals surface area contributed by atoms with E-state index in [9.17, 15) is 0 Å². The third-order valence-corrected chi connectivity index (χ3v) is 4.16. The van der Waals surface area contributed by atoms with Gasteiger partial charge in [0.25, 0.3) is 0 Å². The minimum atomic E-state index is 0.500. The third-order valence-electron chi connectivity index (χ3n) is 3.63. The van der Waals surface area contributed by atoms with Crippen molar-refractivity contribution in [2.75, 3.05) is 13.6 Å². The van der Waals surface area contributed by atoms with E-state index in [1.54, 1.807) is 0 Å². The Morgan fingerprint density at radius 1 is 1.16 bits per heavy atom. The molecule has 1 aromatic rings. The van der Waals surface area contributed by atoms with Gasteiger partial charge in [-0.15, -0.1) is 0 Å². The quantitative estimate of drug-likeness (QED) is 0.690. The van der Waals surface area contributed by atoms with Gasteiger partial charge in [-0.05, 0) is 31.2 Å². The van der Waals surface area contributed by atoms with Gasteiger partial charge in [0.05, 0.1) is 0 Å². The van der Waals surface area contributed by atoms with Crippen molar-refractivity contribution in [1.29, 1.82) is 0 Å². The lowest BCUT2D eigenvalue weighted by Gasteiger charge is -2.27. The van der Waals surface area contributed by atoms with Crippen molar-refractivity contribution in [3.8, 4) is 0 Å². The van der Waals surface area contributed by atoms with Crippen LogP contribution >= 0.6 is 15.9 Å². The second kappa shape index (κ2) is 9.51. The number of unbranched alkanes of at least 4 members (excludes halogenated alkanes) is 3. The minimum Gasteiger partial charge on any atom is -0.329 e. The van der Waals surface area contributed by atoms with Crippen LogP contribution < -0.4 is 5.73 Å². The summed E-state index contributed by atoms with van der Waals surface area (Å²) in [6.45, 7) is 3.97. The molecule has 0 bridgehead atoms. The number of hydrogen-bond donors (Lipinski definition) is 1. The van der Waals surface area contributed by atoms with Crippen LogP contribution in [0.15, 0.2) is 28.7 Å². The van der Waals surface area contributed by atoms with Gasteiger partial charge in [0.1, 0.15) is 0 Å². The summed E-state index contributed by atoms with van der Waals surface area (Å²) < 4.78 is 1.13. The summed E-state index contributed by atoms with van der Waals surface area (Å²) in [6, 6.07) is 9.04. The molecule has 0 saturated heterocycles. The number of halogens is 1. The highest BCUT2D eigenvalue weighted by molar-refractivity contribution is 9.10. The molecule has 0 fully saturated rings. The molecule has 0 aliphatic carbocycles. The van der Waals surface area contributed by atoms with Crippen LogP contribution in [-0.2, 0) is 6.54 Å². The Morgan fingerprint density at radius 3 is 2.42 bits per heavy atom. The minimum absolute atomic E-state index is 0.500. The van der Waals surface area contributed by atoms with E-state index in [-0.39, 0.29) is 0 Å². The standard InChI is InChI=1S/C16H27BrN2/c1-3-4-5-6-7-16(12-18)19(2)13-14-8-10-15(17)11-9-14/h8-11,16H,3-7,12-13,18H2,1-2H3. The smallest absolute Gasteiger partial charge is 0.0234 e. The zero-order valence-corrected chi connectivity index (χ0v) is 13.8. The van der Waals surface area contributed by atoms with E-state index in [1.807, 2.05) is 0 Å². The molecule has 0 spiro atoms. The predicted molar refractivity (Wildman–Crippen MR) is 87.2 cm³/mol. The number of likely N-dealkylation sites (N-methyl/N-ethyl adjacent to an activating group) is 1. The van der Waals surface area contributed by atoms with Crippen molar-refractivity contribution in [3.63, 3.8) is 0 Å². The van der Waals surface area contributed by atoms with Gasteiger partial charge >= 0.3 is 0 Å². The van der Waals surface area contributed by atoms with Crippen LogP contribution in [0, 0.1) is 0 Å². The van der Waals surface area contributed by atoms with Gasteiger partial charge in [0.15, 0.2) is 0 Å². The van der Waals surface area contributed by atoms with Crippen molar-refractivity contribution in [3.05, 3.63) is 34.3 Å². The monoisotopic (exact) mass is 326 g/mol. The van der Waals surface area contributed by atoms with Gasteiger partial charge in [-0.2, -0.15) is 0 Å². The van der Waals surface area contributed by atoms with Gasteiger partial charge in [-0.25, -0.2) is 0 Å². The molecule has 3 heteroatoms. The van der Waals surface area contributed by atoms with E-state index in [4.69, 9.17) is 5.73 Å². The summed E-state index contributed by atoms with van der Waals surface area (Å²) in [4.78, 5) is 2.38. The summed E-state index contributed by atoms with van der Waals surface area (Å²) in [5, 5.41) is 0. The van der Waals surface area contributed by atoms with Crippen molar-refractivity contribution >= 4 is 15.9 Å². The molecule has 1 aromatic carbocycles. The van der Waals surface area contributed by atoms with Crippen LogP contribution in [0.1, 0.15) is 44.6 Å². The highest BCUT2D eigenvalue weighted by Crippen LogP contribution is 2.15. The van der Waals surface area contributed by atoms with Crippen molar-refractivity contribution < 1.29 is 0 Å². The maximum atomic E-state index is 5.92. The van der Waals surface area contributed by atoms with Crippen LogP contribution in [-0.4, -0.2) is 24.5 Å². The molecule has 1 atom stereocenters. The molecule has 19 heavy (non-hydrogen) atoms.